The van der Waals surface area contributed by atoms with Crippen LogP contribution in [0.1, 0.15) is 18.1 Å². The number of hydrogen-bond acceptors (Lipinski definition) is 3. The van der Waals surface area contributed by atoms with Gasteiger partial charge in [0.25, 0.3) is 0 Å². The normalized spacial score (nSPS) is 11.7. The van der Waals surface area contributed by atoms with Crippen LogP contribution in [0.5, 0.6) is 5.75 Å². The van der Waals surface area contributed by atoms with Crippen LogP contribution >= 0.6 is 0 Å². The average Bonchev–Trinajstić information content (AvgIpc) is 2.29. The van der Waals surface area contributed by atoms with E-state index >= 15 is 0 Å². The van der Waals surface area contributed by atoms with Crippen molar-refractivity contribution in [2.24, 2.45) is 0 Å². The van der Waals surface area contributed by atoms with Crippen molar-refractivity contribution in [1.29, 1.82) is 0 Å². The summed E-state index contributed by atoms with van der Waals surface area (Å²) in [5.74, 6) is -0.703. The van der Waals surface area contributed by atoms with Gasteiger partial charge in [0.2, 0.25) is 5.91 Å². The summed E-state index contributed by atoms with van der Waals surface area (Å²) in [5.41, 5.74) is 1.78. The van der Waals surface area contributed by atoms with Crippen LogP contribution in [0.25, 0.3) is 0 Å². The summed E-state index contributed by atoms with van der Waals surface area (Å²) < 4.78 is 5.17. The number of hydrogen-bond donors (Lipinski definition) is 2. The molecule has 0 aliphatic rings. The maximum absolute atomic E-state index is 11.0. The van der Waals surface area contributed by atoms with Crippen molar-refractivity contribution < 1.29 is 19.4 Å². The topological polar surface area (TPSA) is 75.6 Å². The van der Waals surface area contributed by atoms with Gasteiger partial charge in [-0.3, -0.25) is 4.79 Å². The number of aryl methyl sites for hydroxylation is 1. The van der Waals surface area contributed by atoms with Gasteiger partial charge in [-0.1, -0.05) is 12.1 Å². The van der Waals surface area contributed by atoms with E-state index in [-0.39, 0.29) is 12.3 Å². The summed E-state index contributed by atoms with van der Waals surface area (Å²) in [7, 11) is 1.56. The minimum Gasteiger partial charge on any atom is -0.496 e. The molecule has 98 valence electrons. The maximum atomic E-state index is 11.0. The highest BCUT2D eigenvalue weighted by molar-refractivity contribution is 5.82. The predicted molar refractivity (Wildman–Crippen MR) is 66.7 cm³/mol. The Morgan fingerprint density at radius 3 is 2.61 bits per heavy atom. The number of carbonyl (C=O) groups excluding carboxylic acids is 1. The molecule has 5 nitrogen and oxygen atoms in total. The van der Waals surface area contributed by atoms with Crippen molar-refractivity contribution in [3.05, 3.63) is 29.3 Å². The van der Waals surface area contributed by atoms with Gasteiger partial charge in [0.15, 0.2) is 0 Å². The summed E-state index contributed by atoms with van der Waals surface area (Å²) in [6.07, 6.45) is 0.228. The average molecular weight is 251 g/mol. The molecule has 1 atom stereocenters. The number of carboxylic acids is 1. The number of carboxylic acid groups (broad SMARTS) is 1. The fourth-order valence-corrected chi connectivity index (χ4v) is 1.67. The predicted octanol–water partition coefficient (Wildman–Crippen LogP) is 1.14. The Bertz CT molecular complexity index is 456. The van der Waals surface area contributed by atoms with E-state index in [1.165, 1.54) is 6.92 Å². The third kappa shape index (κ3) is 3.76. The second kappa shape index (κ2) is 6.05. The summed E-state index contributed by atoms with van der Waals surface area (Å²) in [5, 5.41) is 11.4. The fourth-order valence-electron chi connectivity index (χ4n) is 1.67. The van der Waals surface area contributed by atoms with Gasteiger partial charge in [0.05, 0.1) is 7.11 Å². The lowest BCUT2D eigenvalue weighted by Gasteiger charge is -2.14. The molecule has 0 radical (unpaired) electrons. The zero-order valence-corrected chi connectivity index (χ0v) is 10.7. The van der Waals surface area contributed by atoms with Crippen LogP contribution in [0.3, 0.4) is 0 Å². The van der Waals surface area contributed by atoms with Crippen molar-refractivity contribution >= 4 is 11.9 Å². The molecule has 0 bridgehead atoms. The molecule has 0 aliphatic carbocycles. The standard InChI is InChI=1S/C13H17NO4/c1-8-4-5-10(7-12(8)18-3)6-11(13(16)17)14-9(2)15/h4-5,7,11H,6H2,1-3H3,(H,14,15)(H,16,17)/t11-/m1/s1. The van der Waals surface area contributed by atoms with Crippen LogP contribution in [0, 0.1) is 6.92 Å². The van der Waals surface area contributed by atoms with E-state index in [4.69, 9.17) is 9.84 Å². The number of nitrogens with one attached hydrogen (secondary N) is 1. The molecule has 0 fully saturated rings. The number of amides is 1. The largest absolute Gasteiger partial charge is 0.496 e. The molecule has 0 unspecified atom stereocenters. The SMILES string of the molecule is COc1cc(C[C@@H](NC(C)=O)C(=O)O)ccc1C. The van der Waals surface area contributed by atoms with Gasteiger partial charge >= 0.3 is 5.97 Å². The van der Waals surface area contributed by atoms with Crippen molar-refractivity contribution in [2.45, 2.75) is 26.3 Å². The molecule has 18 heavy (non-hydrogen) atoms. The number of carbonyl (C=O) groups is 2. The molecule has 1 aromatic rings. The minimum absolute atomic E-state index is 0.228. The number of benzene rings is 1. The maximum Gasteiger partial charge on any atom is 0.326 e. The fraction of sp³-hybridized carbons (Fsp3) is 0.385. The lowest BCUT2D eigenvalue weighted by molar-refractivity contribution is -0.141. The Hall–Kier alpha value is -2.04. The second-order valence-corrected chi connectivity index (χ2v) is 4.10. The Labute approximate surface area is 106 Å². The van der Waals surface area contributed by atoms with Crippen molar-refractivity contribution in [1.82, 2.24) is 5.32 Å². The second-order valence-electron chi connectivity index (χ2n) is 4.10. The van der Waals surface area contributed by atoms with Crippen molar-refractivity contribution in [3.63, 3.8) is 0 Å². The highest BCUT2D eigenvalue weighted by atomic mass is 16.5. The quantitative estimate of drug-likeness (QED) is 0.822. The van der Waals surface area contributed by atoms with Gasteiger partial charge in [0.1, 0.15) is 11.8 Å². The summed E-state index contributed by atoms with van der Waals surface area (Å²) >= 11 is 0. The van der Waals surface area contributed by atoms with E-state index in [0.29, 0.717) is 5.75 Å². The Morgan fingerprint density at radius 1 is 1.44 bits per heavy atom. The van der Waals surface area contributed by atoms with Crippen LogP contribution in [0.2, 0.25) is 0 Å². The van der Waals surface area contributed by atoms with E-state index < -0.39 is 12.0 Å². The first-order chi connectivity index (χ1) is 8.43. The van der Waals surface area contributed by atoms with Gasteiger partial charge < -0.3 is 15.2 Å². The number of rotatable bonds is 5. The number of aliphatic carboxylic acids is 1. The van der Waals surface area contributed by atoms with E-state index in [2.05, 4.69) is 5.32 Å². The summed E-state index contributed by atoms with van der Waals surface area (Å²) in [6.45, 7) is 3.21. The van der Waals surface area contributed by atoms with Crippen molar-refractivity contribution in [3.8, 4) is 5.75 Å². The summed E-state index contributed by atoms with van der Waals surface area (Å²) in [6, 6.07) is 4.55. The van der Waals surface area contributed by atoms with Crippen LogP contribution < -0.4 is 10.1 Å². The molecule has 0 saturated carbocycles. The van der Waals surface area contributed by atoms with E-state index in [1.54, 1.807) is 13.2 Å². The smallest absolute Gasteiger partial charge is 0.326 e. The molecular formula is C13H17NO4. The molecule has 0 saturated heterocycles. The highest BCUT2D eigenvalue weighted by Crippen LogP contribution is 2.19. The first-order valence-electron chi connectivity index (χ1n) is 5.57. The number of methoxy groups -OCH3 is 1. The third-order valence-electron chi connectivity index (χ3n) is 2.59. The molecule has 1 amide bonds. The molecule has 0 spiro atoms. The van der Waals surface area contributed by atoms with Crippen LogP contribution in [-0.2, 0) is 16.0 Å². The Balaban J connectivity index is 2.87. The molecule has 1 rings (SSSR count). The molecule has 0 aromatic heterocycles. The monoisotopic (exact) mass is 251 g/mol. The molecule has 2 N–H and O–H groups in total. The molecule has 0 heterocycles. The zero-order chi connectivity index (χ0) is 13.7. The van der Waals surface area contributed by atoms with E-state index in [1.807, 2.05) is 19.1 Å². The Morgan fingerprint density at radius 2 is 2.11 bits per heavy atom. The van der Waals surface area contributed by atoms with Gasteiger partial charge in [0, 0.05) is 13.3 Å². The van der Waals surface area contributed by atoms with Gasteiger partial charge in [-0.2, -0.15) is 0 Å². The summed E-state index contributed by atoms with van der Waals surface area (Å²) in [4.78, 5) is 21.9. The lowest BCUT2D eigenvalue weighted by atomic mass is 10.0. The lowest BCUT2D eigenvalue weighted by Crippen LogP contribution is -2.41. The van der Waals surface area contributed by atoms with Crippen LogP contribution in [0.4, 0.5) is 0 Å². The van der Waals surface area contributed by atoms with E-state index in [9.17, 15) is 9.59 Å². The zero-order valence-electron chi connectivity index (χ0n) is 10.7. The van der Waals surface area contributed by atoms with Gasteiger partial charge in [-0.15, -0.1) is 0 Å². The highest BCUT2D eigenvalue weighted by Gasteiger charge is 2.19. The van der Waals surface area contributed by atoms with Crippen LogP contribution in [-0.4, -0.2) is 30.1 Å². The van der Waals surface area contributed by atoms with Crippen LogP contribution in [0.15, 0.2) is 18.2 Å². The Kier molecular flexibility index (Phi) is 4.71. The first-order valence-corrected chi connectivity index (χ1v) is 5.57. The number of ether oxygens (including phenoxy) is 1. The van der Waals surface area contributed by atoms with Gasteiger partial charge in [-0.05, 0) is 24.1 Å². The van der Waals surface area contributed by atoms with Crippen molar-refractivity contribution in [2.75, 3.05) is 7.11 Å². The molecule has 5 heteroatoms. The molecule has 1 aromatic carbocycles. The molecular weight excluding hydrogens is 234 g/mol. The first kappa shape index (κ1) is 14.0. The minimum atomic E-state index is -1.05. The third-order valence-corrected chi connectivity index (χ3v) is 2.59. The van der Waals surface area contributed by atoms with Gasteiger partial charge in [-0.25, -0.2) is 4.79 Å². The molecule has 0 aliphatic heterocycles. The van der Waals surface area contributed by atoms with E-state index in [0.717, 1.165) is 11.1 Å².